The zero-order chi connectivity index (χ0) is 33.0. The summed E-state index contributed by atoms with van der Waals surface area (Å²) in [6, 6.07) is 0. The van der Waals surface area contributed by atoms with Crippen molar-refractivity contribution in [1.82, 2.24) is 0 Å². The highest BCUT2D eigenvalue weighted by Crippen LogP contribution is 2.45. The first-order valence-corrected chi connectivity index (χ1v) is 24.1. The first kappa shape index (κ1) is 41.0. The summed E-state index contributed by atoms with van der Waals surface area (Å²) >= 11 is 0. The monoisotopic (exact) mass is 653 g/mol. The first-order chi connectivity index (χ1) is 22.5. The van der Waals surface area contributed by atoms with Gasteiger partial charge >= 0.3 is 0 Å². The van der Waals surface area contributed by atoms with E-state index in [9.17, 15) is 0 Å². The normalized spacial score (nSPS) is 28.2. The number of rotatable bonds is 24. The van der Waals surface area contributed by atoms with E-state index in [1.54, 1.807) is 56.7 Å². The van der Waals surface area contributed by atoms with E-state index >= 15 is 0 Å². The zero-order valence-electron chi connectivity index (χ0n) is 32.9. The van der Waals surface area contributed by atoms with Gasteiger partial charge in [-0.3, -0.25) is 0 Å². The molecule has 0 radical (unpaired) electrons. The van der Waals surface area contributed by atoms with E-state index in [-0.39, 0.29) is 7.92 Å². The molecule has 266 valence electrons. The fraction of sp³-hybridized carbons (Fsp3) is 1.00. The fourth-order valence-corrected chi connectivity index (χ4v) is 14.2. The predicted octanol–water partition coefficient (Wildman–Crippen LogP) is 15.7. The van der Waals surface area contributed by atoms with Crippen LogP contribution in [0.1, 0.15) is 196 Å². The minimum atomic E-state index is 0.276. The predicted molar refractivity (Wildman–Crippen MR) is 221 cm³/mol. The van der Waals surface area contributed by atoms with Gasteiger partial charge in [0.25, 0.3) is 0 Å². The lowest BCUT2D eigenvalue weighted by atomic mass is 9.28. The van der Waals surface area contributed by atoms with E-state index in [2.05, 4.69) is 41.5 Å². The van der Waals surface area contributed by atoms with Crippen LogP contribution in [0.15, 0.2) is 0 Å². The lowest BCUT2D eigenvalue weighted by molar-refractivity contribution is 0.535. The summed E-state index contributed by atoms with van der Waals surface area (Å²) in [5.41, 5.74) is 0. The van der Waals surface area contributed by atoms with Gasteiger partial charge in [0.05, 0.1) is 0 Å². The van der Waals surface area contributed by atoms with E-state index in [1.165, 1.54) is 135 Å². The summed E-state index contributed by atoms with van der Waals surface area (Å²) in [6.07, 6.45) is 45.5. The third-order valence-electron chi connectivity index (χ3n) is 14.2. The van der Waals surface area contributed by atoms with Gasteiger partial charge < -0.3 is 0 Å². The van der Waals surface area contributed by atoms with E-state index in [0.717, 1.165) is 55.0 Å². The molecule has 3 aliphatic heterocycles. The topological polar surface area (TPSA) is 0 Å². The maximum atomic E-state index is 2.59. The van der Waals surface area contributed by atoms with Gasteiger partial charge in [-0.25, -0.2) is 0 Å². The van der Waals surface area contributed by atoms with Crippen LogP contribution in [0.3, 0.4) is 0 Å². The van der Waals surface area contributed by atoms with Gasteiger partial charge in [-0.1, -0.05) is 230 Å². The van der Waals surface area contributed by atoms with Gasteiger partial charge in [-0.2, -0.15) is 0 Å². The van der Waals surface area contributed by atoms with Crippen LogP contribution in [0.2, 0.25) is 53.9 Å². The minimum Gasteiger partial charge on any atom is -0.107 e. The molecule has 0 saturated carbocycles. The Kier molecular flexibility index (Phi) is 22.1. The van der Waals surface area contributed by atoms with Crippen molar-refractivity contribution < 1.29 is 0 Å². The second-order valence-corrected chi connectivity index (χ2v) is 20.4. The Morgan fingerprint density at radius 1 is 0.413 bits per heavy atom. The molecule has 0 nitrogen and oxygen atoms in total. The number of unbranched alkanes of at least 4 members (excludes halogenated alkanes) is 6. The Morgan fingerprint density at radius 2 is 0.717 bits per heavy atom. The molecule has 6 unspecified atom stereocenters. The molecule has 3 heterocycles. The molecule has 0 bridgehead atoms. The Bertz CT molecular complexity index is 631. The maximum Gasteiger partial charge on any atom is 0.146 e. The molecule has 3 rings (SSSR count). The van der Waals surface area contributed by atoms with Crippen molar-refractivity contribution in [3.63, 3.8) is 0 Å². The Labute approximate surface area is 295 Å². The quantitative estimate of drug-likeness (QED) is 0.0553. The van der Waals surface area contributed by atoms with Crippen molar-refractivity contribution >= 4 is 28.1 Å². The largest absolute Gasteiger partial charge is 0.146 e. The van der Waals surface area contributed by atoms with Crippen LogP contribution in [-0.2, 0) is 0 Å². The summed E-state index contributed by atoms with van der Waals surface area (Å²) in [4.78, 5) is 0. The van der Waals surface area contributed by atoms with Crippen LogP contribution in [0.25, 0.3) is 0 Å². The van der Waals surface area contributed by atoms with Gasteiger partial charge in [0.1, 0.15) is 20.1 Å². The van der Waals surface area contributed by atoms with Crippen LogP contribution in [0.5, 0.6) is 0 Å². The van der Waals surface area contributed by atoms with Gasteiger partial charge in [0.2, 0.25) is 0 Å². The highest BCUT2D eigenvalue weighted by molar-refractivity contribution is 7.57. The minimum absolute atomic E-state index is 0.276. The molecular formula is C42H84B3P. The standard InChI is InChI=1S/C42H84B3P/c1-7-22-40-28-19-25-37(4)43(40)31-13-10-16-34-46(35-17-11-14-32-44-38(5)26-20-29-41(44)23-8-2)36-18-12-15-33-45-39(6)27-21-30-42(45)24-9-3/h37-42H,7-36H2,1-6H3. The van der Waals surface area contributed by atoms with Crippen LogP contribution < -0.4 is 0 Å². The highest BCUT2D eigenvalue weighted by Gasteiger charge is 2.34. The Balaban J connectivity index is 1.39. The van der Waals surface area contributed by atoms with Gasteiger partial charge in [-0.15, -0.1) is 7.92 Å². The lowest BCUT2D eigenvalue weighted by Crippen LogP contribution is -2.29. The summed E-state index contributed by atoms with van der Waals surface area (Å²) < 4.78 is 0. The molecule has 0 N–H and O–H groups in total. The molecule has 0 aromatic carbocycles. The Hall–Kier alpha value is 0.625. The molecule has 0 amide bonds. The van der Waals surface area contributed by atoms with E-state index in [4.69, 9.17) is 0 Å². The molecule has 0 spiro atoms. The number of hydrogen-bond donors (Lipinski definition) is 0. The molecule has 3 fully saturated rings. The molecular weight excluding hydrogens is 568 g/mol. The van der Waals surface area contributed by atoms with Crippen LogP contribution in [-0.4, -0.2) is 38.6 Å². The maximum absolute atomic E-state index is 2.59. The molecule has 4 heteroatoms. The smallest absolute Gasteiger partial charge is 0.107 e. The summed E-state index contributed by atoms with van der Waals surface area (Å²) in [5.74, 6) is 6.12. The average Bonchev–Trinajstić information content (AvgIpc) is 3.04. The lowest BCUT2D eigenvalue weighted by Gasteiger charge is -2.34. The third-order valence-corrected chi connectivity index (χ3v) is 17.1. The third kappa shape index (κ3) is 14.8. The zero-order valence-corrected chi connectivity index (χ0v) is 33.8. The van der Waals surface area contributed by atoms with Crippen LogP contribution in [0, 0.1) is 0 Å². The summed E-state index contributed by atoms with van der Waals surface area (Å²) in [7, 11) is 0.276. The van der Waals surface area contributed by atoms with E-state index < -0.39 is 0 Å². The summed E-state index contributed by atoms with van der Waals surface area (Å²) in [6.45, 7) is 18.1. The summed E-state index contributed by atoms with van der Waals surface area (Å²) in [5, 5.41) is 0. The van der Waals surface area contributed by atoms with Crippen molar-refractivity contribution in [3.05, 3.63) is 0 Å². The van der Waals surface area contributed by atoms with Gasteiger partial charge in [0.15, 0.2) is 0 Å². The second kappa shape index (κ2) is 24.7. The highest BCUT2D eigenvalue weighted by atomic mass is 31.1. The molecule has 0 aromatic heterocycles. The molecule has 0 aromatic rings. The van der Waals surface area contributed by atoms with Gasteiger partial charge in [0, 0.05) is 0 Å². The number of hydrogen-bond acceptors (Lipinski definition) is 0. The van der Waals surface area contributed by atoms with Crippen molar-refractivity contribution in [2.45, 2.75) is 250 Å². The SMILES string of the molecule is CCCC1CCCC(C)B1CCCCCP(CCCCCB1C(C)CCCC1CCC)CCCCCB1C(C)CCCC1CCC. The molecule has 3 saturated heterocycles. The molecule has 0 aliphatic carbocycles. The first-order valence-electron chi connectivity index (χ1n) is 22.2. The second-order valence-electron chi connectivity index (χ2n) is 17.8. The van der Waals surface area contributed by atoms with Crippen molar-refractivity contribution in [2.75, 3.05) is 18.5 Å². The Morgan fingerprint density at radius 3 is 1.00 bits per heavy atom. The average molecular weight is 653 g/mol. The molecule has 46 heavy (non-hydrogen) atoms. The van der Waals surface area contributed by atoms with E-state index in [1.807, 2.05) is 0 Å². The van der Waals surface area contributed by atoms with E-state index in [0.29, 0.717) is 0 Å². The van der Waals surface area contributed by atoms with Crippen molar-refractivity contribution in [1.29, 1.82) is 0 Å². The molecule has 6 atom stereocenters. The fourth-order valence-electron chi connectivity index (χ4n) is 11.5. The van der Waals surface area contributed by atoms with Crippen molar-refractivity contribution in [2.24, 2.45) is 0 Å². The molecule has 3 aliphatic rings. The van der Waals surface area contributed by atoms with Crippen LogP contribution >= 0.6 is 7.92 Å². The van der Waals surface area contributed by atoms with Crippen LogP contribution in [0.4, 0.5) is 0 Å². The van der Waals surface area contributed by atoms with Gasteiger partial charge in [-0.05, 0) is 37.7 Å². The van der Waals surface area contributed by atoms with Crippen molar-refractivity contribution in [3.8, 4) is 0 Å².